The molecule has 2 heterocycles. The minimum Gasteiger partial charge on any atom is -0.496 e. The molecule has 2 aromatic carbocycles. The lowest BCUT2D eigenvalue weighted by molar-refractivity contribution is -0.116. The number of anilines is 3. The molecule has 4 rings (SSSR count). The summed E-state index contributed by atoms with van der Waals surface area (Å²) in [7, 11) is 3.81. The molecule has 1 aromatic heterocycles. The first-order valence-corrected chi connectivity index (χ1v) is 11.0. The Morgan fingerprint density at radius 1 is 1.00 bits per heavy atom. The van der Waals surface area contributed by atoms with Gasteiger partial charge in [-0.15, -0.1) is 0 Å². The fraction of sp³-hybridized carbons (Fsp3) is 0.320. The fourth-order valence-electron chi connectivity index (χ4n) is 3.88. The molecule has 0 radical (unpaired) electrons. The van der Waals surface area contributed by atoms with E-state index in [2.05, 4.69) is 33.6 Å². The second kappa shape index (κ2) is 10.2. The first-order valence-electron chi connectivity index (χ1n) is 11.0. The van der Waals surface area contributed by atoms with Crippen LogP contribution in [-0.4, -0.2) is 41.5 Å². The monoisotopic (exact) mass is 431 g/mol. The van der Waals surface area contributed by atoms with Crippen molar-refractivity contribution in [1.82, 2.24) is 14.9 Å². The topological polar surface area (TPSA) is 79.4 Å². The molecule has 0 spiro atoms. The van der Waals surface area contributed by atoms with Crippen LogP contribution in [-0.2, 0) is 11.3 Å². The van der Waals surface area contributed by atoms with E-state index in [1.54, 1.807) is 13.3 Å². The molecule has 6 bridgehead atoms. The van der Waals surface area contributed by atoms with E-state index >= 15 is 0 Å². The number of nitrogens with zero attached hydrogens (tertiary/aromatic N) is 3. The van der Waals surface area contributed by atoms with E-state index in [1.165, 1.54) is 0 Å². The molecular formula is C25H29N5O2. The number of fused-ring (bicyclic) bond motifs is 7. The van der Waals surface area contributed by atoms with Crippen LogP contribution in [0.4, 0.5) is 17.3 Å². The van der Waals surface area contributed by atoms with Crippen LogP contribution in [0.1, 0.15) is 31.2 Å². The molecule has 0 atom stereocenters. The van der Waals surface area contributed by atoms with Gasteiger partial charge in [-0.05, 0) is 68.9 Å². The zero-order chi connectivity index (χ0) is 22.3. The Kier molecular flexibility index (Phi) is 6.97. The number of amides is 1. The summed E-state index contributed by atoms with van der Waals surface area (Å²) >= 11 is 0. The van der Waals surface area contributed by atoms with Crippen LogP contribution in [0.3, 0.4) is 0 Å². The fourth-order valence-corrected chi connectivity index (χ4v) is 3.88. The molecule has 0 saturated carbocycles. The van der Waals surface area contributed by atoms with E-state index in [1.807, 2.05) is 42.5 Å². The highest BCUT2D eigenvalue weighted by Crippen LogP contribution is 2.28. The Labute approximate surface area is 188 Å². The third kappa shape index (κ3) is 5.62. The van der Waals surface area contributed by atoms with Crippen molar-refractivity contribution in [2.24, 2.45) is 0 Å². The maximum absolute atomic E-state index is 12.3. The van der Waals surface area contributed by atoms with Crippen molar-refractivity contribution >= 4 is 23.2 Å². The van der Waals surface area contributed by atoms with Gasteiger partial charge in [-0.2, -0.15) is 0 Å². The summed E-state index contributed by atoms with van der Waals surface area (Å²) < 4.78 is 5.60. The Morgan fingerprint density at radius 2 is 1.84 bits per heavy atom. The summed E-state index contributed by atoms with van der Waals surface area (Å²) in [5.74, 6) is 1.40. The maximum Gasteiger partial charge on any atom is 0.227 e. The summed E-state index contributed by atoms with van der Waals surface area (Å²) in [5.41, 5.74) is 4.53. The third-order valence-electron chi connectivity index (χ3n) is 5.52. The van der Waals surface area contributed by atoms with Crippen molar-refractivity contribution in [3.8, 4) is 17.0 Å². The Hall–Kier alpha value is -3.45. The molecular weight excluding hydrogens is 402 g/mol. The van der Waals surface area contributed by atoms with Gasteiger partial charge in [0.15, 0.2) is 0 Å². The SMILES string of the molecule is COc1ccc2cc1CN(C)CCCCCC(=O)Nc1cccc(c1)Nc1nccc-2n1. The zero-order valence-electron chi connectivity index (χ0n) is 18.6. The lowest BCUT2D eigenvalue weighted by Gasteiger charge is -2.19. The molecule has 7 nitrogen and oxygen atoms in total. The number of hydrogen-bond acceptors (Lipinski definition) is 6. The molecule has 1 amide bonds. The van der Waals surface area contributed by atoms with Crippen molar-refractivity contribution in [2.75, 3.05) is 31.3 Å². The molecule has 0 unspecified atom stereocenters. The normalized spacial score (nSPS) is 15.5. The largest absolute Gasteiger partial charge is 0.496 e. The summed E-state index contributed by atoms with van der Waals surface area (Å²) in [6.07, 6.45) is 5.19. The molecule has 166 valence electrons. The van der Waals surface area contributed by atoms with Gasteiger partial charge >= 0.3 is 0 Å². The van der Waals surface area contributed by atoms with Crippen LogP contribution in [0.15, 0.2) is 54.7 Å². The number of aromatic nitrogens is 2. The summed E-state index contributed by atoms with van der Waals surface area (Å²) in [4.78, 5) is 23.7. The summed E-state index contributed by atoms with van der Waals surface area (Å²) in [6, 6.07) is 15.7. The second-order valence-corrected chi connectivity index (χ2v) is 8.09. The number of ether oxygens (including phenoxy) is 1. The van der Waals surface area contributed by atoms with Crippen molar-refractivity contribution in [1.29, 1.82) is 0 Å². The number of nitrogens with one attached hydrogen (secondary N) is 2. The molecule has 0 saturated heterocycles. The van der Waals surface area contributed by atoms with Crippen LogP contribution in [0.25, 0.3) is 11.3 Å². The highest BCUT2D eigenvalue weighted by molar-refractivity contribution is 5.91. The van der Waals surface area contributed by atoms with Gasteiger partial charge in [0.1, 0.15) is 5.75 Å². The molecule has 0 fully saturated rings. The van der Waals surface area contributed by atoms with Crippen LogP contribution in [0, 0.1) is 0 Å². The number of hydrogen-bond donors (Lipinski definition) is 2. The average molecular weight is 432 g/mol. The van der Waals surface area contributed by atoms with Gasteiger partial charge < -0.3 is 20.3 Å². The van der Waals surface area contributed by atoms with Gasteiger partial charge in [-0.1, -0.05) is 12.5 Å². The Bertz CT molecular complexity index is 1090. The highest BCUT2D eigenvalue weighted by atomic mass is 16.5. The van der Waals surface area contributed by atoms with Gasteiger partial charge in [-0.25, -0.2) is 9.97 Å². The highest BCUT2D eigenvalue weighted by Gasteiger charge is 2.11. The van der Waals surface area contributed by atoms with E-state index < -0.39 is 0 Å². The van der Waals surface area contributed by atoms with E-state index in [4.69, 9.17) is 9.72 Å². The van der Waals surface area contributed by atoms with Crippen molar-refractivity contribution in [3.05, 3.63) is 60.3 Å². The predicted molar refractivity (Wildman–Crippen MR) is 127 cm³/mol. The number of rotatable bonds is 1. The van der Waals surface area contributed by atoms with Gasteiger partial charge in [0, 0.05) is 41.7 Å². The van der Waals surface area contributed by atoms with E-state index in [0.29, 0.717) is 12.4 Å². The van der Waals surface area contributed by atoms with Gasteiger partial charge in [0.2, 0.25) is 11.9 Å². The van der Waals surface area contributed by atoms with Gasteiger partial charge in [0.05, 0.1) is 12.8 Å². The van der Waals surface area contributed by atoms with Crippen LogP contribution in [0.5, 0.6) is 5.75 Å². The predicted octanol–water partition coefficient (Wildman–Crippen LogP) is 4.84. The Balaban J connectivity index is 1.67. The number of carbonyl (C=O) groups excluding carboxylic acids is 1. The van der Waals surface area contributed by atoms with Crippen molar-refractivity contribution in [2.45, 2.75) is 32.2 Å². The summed E-state index contributed by atoms with van der Waals surface area (Å²) in [6.45, 7) is 1.73. The molecule has 3 aromatic rings. The molecule has 7 heteroatoms. The van der Waals surface area contributed by atoms with Crippen LogP contribution in [0.2, 0.25) is 0 Å². The number of methoxy groups -OCH3 is 1. The quantitative estimate of drug-likeness (QED) is 0.574. The standard InChI is InChI=1S/C25H29N5O2/c1-30-14-5-3-4-9-24(31)27-20-7-6-8-21(16-20)28-25-26-13-12-22(29-25)18-10-11-23(32-2)19(15-18)17-30/h6-8,10-13,15-16H,3-5,9,14,17H2,1-2H3,(H,27,31)(H,26,28,29). The molecule has 0 aliphatic carbocycles. The van der Waals surface area contributed by atoms with Crippen LogP contribution < -0.4 is 15.4 Å². The second-order valence-electron chi connectivity index (χ2n) is 8.09. The zero-order valence-corrected chi connectivity index (χ0v) is 18.6. The summed E-state index contributed by atoms with van der Waals surface area (Å²) in [5, 5.41) is 6.23. The molecule has 1 aliphatic heterocycles. The van der Waals surface area contributed by atoms with E-state index in [0.717, 1.165) is 66.3 Å². The molecule has 2 N–H and O–H groups in total. The van der Waals surface area contributed by atoms with Gasteiger partial charge in [-0.3, -0.25) is 4.79 Å². The third-order valence-corrected chi connectivity index (χ3v) is 5.52. The first kappa shape index (κ1) is 21.8. The van der Waals surface area contributed by atoms with Crippen molar-refractivity contribution < 1.29 is 9.53 Å². The number of carbonyl (C=O) groups is 1. The minimum absolute atomic E-state index is 0.0347. The minimum atomic E-state index is 0.0347. The van der Waals surface area contributed by atoms with Crippen LogP contribution >= 0.6 is 0 Å². The molecule has 1 aliphatic rings. The lowest BCUT2D eigenvalue weighted by Crippen LogP contribution is -2.19. The van der Waals surface area contributed by atoms with E-state index in [-0.39, 0.29) is 5.91 Å². The smallest absolute Gasteiger partial charge is 0.227 e. The maximum atomic E-state index is 12.3. The average Bonchev–Trinajstić information content (AvgIpc) is 2.78. The van der Waals surface area contributed by atoms with E-state index in [9.17, 15) is 4.79 Å². The number of benzene rings is 2. The van der Waals surface area contributed by atoms with Gasteiger partial charge in [0.25, 0.3) is 0 Å². The lowest BCUT2D eigenvalue weighted by atomic mass is 10.1. The molecule has 32 heavy (non-hydrogen) atoms. The first-order chi connectivity index (χ1) is 15.6. The van der Waals surface area contributed by atoms with Crippen molar-refractivity contribution in [3.63, 3.8) is 0 Å². The Morgan fingerprint density at radius 3 is 2.69 bits per heavy atom.